The summed E-state index contributed by atoms with van der Waals surface area (Å²) in [5, 5.41) is 12.3. The monoisotopic (exact) mass is 345 g/mol. The van der Waals surface area contributed by atoms with Crippen molar-refractivity contribution in [3.63, 3.8) is 0 Å². The fraction of sp³-hybridized carbons (Fsp3) is 0.500. The lowest BCUT2D eigenvalue weighted by molar-refractivity contribution is 0.315. The Morgan fingerprint density at radius 2 is 1.88 bits per heavy atom. The molecule has 0 saturated heterocycles. The van der Waals surface area contributed by atoms with Crippen LogP contribution in [0, 0.1) is 11.3 Å². The molecule has 0 radical (unpaired) electrons. The average molecular weight is 345 g/mol. The fourth-order valence-electron chi connectivity index (χ4n) is 3.83. The zero-order valence-electron chi connectivity index (χ0n) is 13.9. The standard InChI is InChI=1S/C18H23N3O2S/c1-2-20-13-16-17(15-8-6-14(12-19)7-9-15)24(22,23)21-18(16)10-4-3-5-11-18/h6-9,20-21H,2-5,10-11,13H2,1H3. The number of nitrogens with zero attached hydrogens (tertiary/aromatic N) is 1. The van der Waals surface area contributed by atoms with Gasteiger partial charge in [0, 0.05) is 6.54 Å². The van der Waals surface area contributed by atoms with E-state index in [1.165, 1.54) is 0 Å². The lowest BCUT2D eigenvalue weighted by atomic mass is 9.76. The normalized spacial score (nSPS) is 21.8. The van der Waals surface area contributed by atoms with E-state index in [0.717, 1.165) is 44.2 Å². The Labute approximate surface area is 143 Å². The van der Waals surface area contributed by atoms with Crippen molar-refractivity contribution >= 4 is 14.9 Å². The van der Waals surface area contributed by atoms with E-state index in [9.17, 15) is 8.42 Å². The molecule has 1 spiro atoms. The Bertz CT molecular complexity index is 783. The zero-order chi connectivity index (χ0) is 17.2. The van der Waals surface area contributed by atoms with Gasteiger partial charge in [0.05, 0.1) is 22.1 Å². The van der Waals surface area contributed by atoms with Crippen molar-refractivity contribution in [2.45, 2.75) is 44.6 Å². The second kappa shape index (κ2) is 6.67. The Hall–Kier alpha value is -1.68. The summed E-state index contributed by atoms with van der Waals surface area (Å²) in [6.07, 6.45) is 4.95. The second-order valence-electron chi connectivity index (χ2n) is 6.53. The van der Waals surface area contributed by atoms with E-state index in [4.69, 9.17) is 5.26 Å². The minimum absolute atomic E-state index is 0.398. The molecule has 3 rings (SSSR count). The number of nitrogens with one attached hydrogen (secondary N) is 2. The Balaban J connectivity index is 2.13. The van der Waals surface area contributed by atoms with E-state index in [2.05, 4.69) is 16.1 Å². The van der Waals surface area contributed by atoms with Crippen LogP contribution in [-0.2, 0) is 10.0 Å². The summed E-state index contributed by atoms with van der Waals surface area (Å²) in [5.74, 6) is 0. The molecule has 0 aromatic heterocycles. The number of hydrogen-bond donors (Lipinski definition) is 2. The van der Waals surface area contributed by atoms with Gasteiger partial charge < -0.3 is 5.32 Å². The van der Waals surface area contributed by atoms with Gasteiger partial charge in [0.25, 0.3) is 0 Å². The van der Waals surface area contributed by atoms with Gasteiger partial charge in [-0.3, -0.25) is 0 Å². The number of benzene rings is 1. The molecule has 0 bridgehead atoms. The highest BCUT2D eigenvalue weighted by atomic mass is 32.2. The van der Waals surface area contributed by atoms with Gasteiger partial charge in [-0.25, -0.2) is 13.1 Å². The fourth-order valence-corrected chi connectivity index (χ4v) is 5.82. The van der Waals surface area contributed by atoms with Gasteiger partial charge in [-0.05, 0) is 42.7 Å². The van der Waals surface area contributed by atoms with Crippen LogP contribution in [0.4, 0.5) is 0 Å². The molecule has 2 N–H and O–H groups in total. The van der Waals surface area contributed by atoms with Gasteiger partial charge in [-0.1, -0.05) is 38.3 Å². The Kier molecular flexibility index (Phi) is 4.77. The molecule has 2 aliphatic rings. The molecule has 1 fully saturated rings. The van der Waals surface area contributed by atoms with Crippen LogP contribution < -0.4 is 10.0 Å². The first-order valence-corrected chi connectivity index (χ1v) is 9.99. The molecule has 1 aliphatic carbocycles. The first-order chi connectivity index (χ1) is 11.5. The zero-order valence-corrected chi connectivity index (χ0v) is 14.7. The van der Waals surface area contributed by atoms with Crippen LogP contribution in [-0.4, -0.2) is 27.0 Å². The maximum atomic E-state index is 12.9. The summed E-state index contributed by atoms with van der Waals surface area (Å²) in [6, 6.07) is 8.90. The van der Waals surface area contributed by atoms with E-state index < -0.39 is 15.6 Å². The minimum Gasteiger partial charge on any atom is -0.313 e. The average Bonchev–Trinajstić information content (AvgIpc) is 2.79. The Morgan fingerprint density at radius 1 is 1.21 bits per heavy atom. The van der Waals surface area contributed by atoms with Crippen molar-refractivity contribution < 1.29 is 8.42 Å². The third kappa shape index (κ3) is 3.00. The lowest BCUT2D eigenvalue weighted by Gasteiger charge is -2.35. The highest BCUT2D eigenvalue weighted by Gasteiger charge is 2.48. The lowest BCUT2D eigenvalue weighted by Crippen LogP contribution is -2.47. The third-order valence-corrected chi connectivity index (χ3v) is 6.66. The molecule has 6 heteroatoms. The number of hydrogen-bond acceptors (Lipinski definition) is 4. The summed E-state index contributed by atoms with van der Waals surface area (Å²) in [7, 11) is -3.54. The quantitative estimate of drug-likeness (QED) is 0.878. The molecule has 1 aromatic rings. The van der Waals surface area contributed by atoms with Gasteiger partial charge in [0.1, 0.15) is 0 Å². The molecule has 128 valence electrons. The van der Waals surface area contributed by atoms with E-state index in [1.54, 1.807) is 24.3 Å². The number of sulfonamides is 1. The van der Waals surface area contributed by atoms with Gasteiger partial charge >= 0.3 is 0 Å². The second-order valence-corrected chi connectivity index (χ2v) is 8.14. The predicted molar refractivity (Wildman–Crippen MR) is 94.5 cm³/mol. The summed E-state index contributed by atoms with van der Waals surface area (Å²) in [4.78, 5) is 0.398. The van der Waals surface area contributed by atoms with E-state index in [-0.39, 0.29) is 0 Å². The maximum absolute atomic E-state index is 12.9. The number of rotatable bonds is 4. The summed E-state index contributed by atoms with van der Waals surface area (Å²) < 4.78 is 28.8. The van der Waals surface area contributed by atoms with Crippen molar-refractivity contribution in [3.05, 3.63) is 41.0 Å². The first kappa shape index (κ1) is 17.2. The molecule has 0 atom stereocenters. The summed E-state index contributed by atoms with van der Waals surface area (Å²) in [5.41, 5.74) is 1.71. The Morgan fingerprint density at radius 3 is 2.46 bits per heavy atom. The maximum Gasteiger partial charge on any atom is 0.242 e. The van der Waals surface area contributed by atoms with Crippen LogP contribution >= 0.6 is 0 Å². The highest BCUT2D eigenvalue weighted by Crippen LogP contribution is 2.45. The molecule has 1 heterocycles. The molecule has 1 aliphatic heterocycles. The van der Waals surface area contributed by atoms with Crippen LogP contribution in [0.25, 0.3) is 4.91 Å². The summed E-state index contributed by atoms with van der Waals surface area (Å²) in [6.45, 7) is 3.38. The number of nitriles is 1. The summed E-state index contributed by atoms with van der Waals surface area (Å²) >= 11 is 0. The first-order valence-electron chi connectivity index (χ1n) is 8.51. The largest absolute Gasteiger partial charge is 0.313 e. The van der Waals surface area contributed by atoms with Crippen LogP contribution in [0.5, 0.6) is 0 Å². The molecule has 0 amide bonds. The van der Waals surface area contributed by atoms with Crippen molar-refractivity contribution in [3.8, 4) is 6.07 Å². The predicted octanol–water partition coefficient (Wildman–Crippen LogP) is 2.51. The van der Waals surface area contributed by atoms with Gasteiger partial charge in [0.15, 0.2) is 0 Å². The van der Waals surface area contributed by atoms with Crippen LogP contribution in [0.15, 0.2) is 29.8 Å². The molecule has 5 nitrogen and oxygen atoms in total. The molecule has 0 unspecified atom stereocenters. The van der Waals surface area contributed by atoms with E-state index in [1.807, 2.05) is 6.92 Å². The highest BCUT2D eigenvalue weighted by molar-refractivity contribution is 7.99. The molecule has 24 heavy (non-hydrogen) atoms. The van der Waals surface area contributed by atoms with Gasteiger partial charge in [-0.15, -0.1) is 0 Å². The van der Waals surface area contributed by atoms with Crippen molar-refractivity contribution in [1.29, 1.82) is 5.26 Å². The van der Waals surface area contributed by atoms with Crippen molar-refractivity contribution in [2.24, 2.45) is 0 Å². The molecule has 1 saturated carbocycles. The minimum atomic E-state index is -3.54. The van der Waals surface area contributed by atoms with Gasteiger partial charge in [0.2, 0.25) is 10.0 Å². The molecular formula is C18H23N3O2S. The van der Waals surface area contributed by atoms with Crippen molar-refractivity contribution in [1.82, 2.24) is 10.0 Å². The van der Waals surface area contributed by atoms with Crippen LogP contribution in [0.3, 0.4) is 0 Å². The molecular weight excluding hydrogens is 322 g/mol. The van der Waals surface area contributed by atoms with Crippen LogP contribution in [0.1, 0.15) is 50.2 Å². The molecule has 1 aromatic carbocycles. The van der Waals surface area contributed by atoms with Crippen molar-refractivity contribution in [2.75, 3.05) is 13.1 Å². The van der Waals surface area contributed by atoms with E-state index >= 15 is 0 Å². The SMILES string of the molecule is CCNCC1=C(c2ccc(C#N)cc2)S(=O)(=O)NC12CCCCC2. The van der Waals surface area contributed by atoms with Gasteiger partial charge in [-0.2, -0.15) is 5.26 Å². The third-order valence-electron chi connectivity index (χ3n) is 4.99. The smallest absolute Gasteiger partial charge is 0.242 e. The number of likely N-dealkylation sites (N-methyl/N-ethyl adjacent to an activating group) is 1. The van der Waals surface area contributed by atoms with E-state index in [0.29, 0.717) is 22.6 Å². The van der Waals surface area contributed by atoms with Crippen LogP contribution in [0.2, 0.25) is 0 Å². The topological polar surface area (TPSA) is 82.0 Å².